The monoisotopic (exact) mass is 751 g/mol. The van der Waals surface area contributed by atoms with Crippen LogP contribution in [0.25, 0.3) is 6.08 Å². The van der Waals surface area contributed by atoms with Crippen LogP contribution in [0.4, 0.5) is 9.59 Å². The van der Waals surface area contributed by atoms with Crippen molar-refractivity contribution >= 4 is 46.0 Å². The van der Waals surface area contributed by atoms with Crippen LogP contribution in [0.3, 0.4) is 0 Å². The van der Waals surface area contributed by atoms with Crippen molar-refractivity contribution in [2.75, 3.05) is 13.2 Å². The Labute approximate surface area is 310 Å². The van der Waals surface area contributed by atoms with Crippen molar-refractivity contribution < 1.29 is 41.9 Å². The zero-order valence-electron chi connectivity index (χ0n) is 30.1. The highest BCUT2D eigenvalue weighted by molar-refractivity contribution is 7.91. The van der Waals surface area contributed by atoms with Gasteiger partial charge < -0.3 is 25.0 Å². The van der Waals surface area contributed by atoms with Crippen LogP contribution in [0.1, 0.15) is 94.2 Å². The number of allylic oxidation sites excluding steroid dienone is 2. The van der Waals surface area contributed by atoms with E-state index in [2.05, 4.69) is 21.4 Å². The molecule has 14 nitrogen and oxygen atoms in total. The third-order valence-corrected chi connectivity index (χ3v) is 13.1. The molecule has 0 aromatic heterocycles. The Morgan fingerprint density at radius 2 is 1.83 bits per heavy atom. The normalized spacial score (nSPS) is 32.5. The first kappa shape index (κ1) is 36.9. The van der Waals surface area contributed by atoms with Gasteiger partial charge in [-0.1, -0.05) is 62.3 Å². The number of fused-ring (bicyclic) bond motifs is 4. The quantitative estimate of drug-likeness (QED) is 0.389. The highest BCUT2D eigenvalue weighted by atomic mass is 32.2. The molecule has 3 N–H and O–H groups in total. The lowest BCUT2D eigenvalue weighted by molar-refractivity contribution is -0.141. The summed E-state index contributed by atoms with van der Waals surface area (Å²) in [5.41, 5.74) is 1.53. The molecule has 0 spiro atoms. The van der Waals surface area contributed by atoms with Crippen LogP contribution in [0, 0.1) is 11.8 Å². The summed E-state index contributed by atoms with van der Waals surface area (Å²) < 4.78 is 39.3. The smallest absolute Gasteiger partial charge is 0.410 e. The molecular formula is C38H49N5O9S. The number of nitrogens with zero attached hydrogens (tertiary/aromatic N) is 2. The molecule has 53 heavy (non-hydrogen) atoms. The van der Waals surface area contributed by atoms with E-state index in [0.717, 1.165) is 42.4 Å². The van der Waals surface area contributed by atoms with Crippen LogP contribution in [0.2, 0.25) is 0 Å². The number of sulfonamides is 1. The molecule has 2 aliphatic carbocycles. The third-order valence-electron chi connectivity index (χ3n) is 11.3. The van der Waals surface area contributed by atoms with Crippen molar-refractivity contribution in [2.45, 2.75) is 120 Å². The maximum atomic E-state index is 14.4. The molecule has 4 aliphatic heterocycles. The molecule has 3 fully saturated rings. The van der Waals surface area contributed by atoms with Crippen LogP contribution in [0.15, 0.2) is 36.4 Å². The molecule has 6 atom stereocenters. The number of nitrogens with one attached hydrogen (secondary N) is 3. The number of carbonyl (C=O) groups is 5. The number of hydrogen-bond acceptors (Lipinski definition) is 9. The van der Waals surface area contributed by atoms with Gasteiger partial charge in [-0.15, -0.1) is 0 Å². The molecule has 7 rings (SSSR count). The van der Waals surface area contributed by atoms with Crippen LogP contribution in [-0.2, 0) is 47.0 Å². The van der Waals surface area contributed by atoms with Crippen molar-refractivity contribution in [3.05, 3.63) is 53.1 Å². The summed E-state index contributed by atoms with van der Waals surface area (Å²) in [5.74, 6) is -2.38. The summed E-state index contributed by atoms with van der Waals surface area (Å²) in [6.07, 6.45) is 11.5. The minimum atomic E-state index is -3.90. The fourth-order valence-corrected chi connectivity index (χ4v) is 9.24. The van der Waals surface area contributed by atoms with Crippen molar-refractivity contribution in [1.29, 1.82) is 0 Å². The summed E-state index contributed by atoms with van der Waals surface area (Å²) in [6, 6.07) is 3.76. The zero-order chi connectivity index (χ0) is 37.3. The van der Waals surface area contributed by atoms with Crippen molar-refractivity contribution in [1.82, 2.24) is 25.2 Å². The van der Waals surface area contributed by atoms with E-state index in [1.165, 1.54) is 4.90 Å². The summed E-state index contributed by atoms with van der Waals surface area (Å²) in [4.78, 5) is 72.0. The Kier molecular flexibility index (Phi) is 10.6. The van der Waals surface area contributed by atoms with Crippen LogP contribution in [-0.4, -0.2) is 90.3 Å². The Hall–Kier alpha value is -4.40. The van der Waals surface area contributed by atoms with E-state index in [-0.39, 0.29) is 31.9 Å². The number of alkyl carbamates (subject to hydrolysis) is 1. The van der Waals surface area contributed by atoms with Gasteiger partial charge >= 0.3 is 12.2 Å². The molecule has 1 saturated heterocycles. The number of hydrogen-bond donors (Lipinski definition) is 3. The second-order valence-electron chi connectivity index (χ2n) is 15.5. The SMILES string of the molecule is C[C@H]1CC/C=C/c2cccc3c2CN(C3)C(=O)O[C@@H]2C[C@H]3C(=O)N[C@]4(C(=O)NS(=O)(=O)C5CC5)C[C@@H]4/C=C\CCCCC[C@H](NC(=O)OC1)C(=O)N3C2. The Bertz CT molecular complexity index is 1810. The summed E-state index contributed by atoms with van der Waals surface area (Å²) in [7, 11) is -3.90. The van der Waals surface area contributed by atoms with Crippen LogP contribution < -0.4 is 15.4 Å². The Balaban J connectivity index is 1.17. The van der Waals surface area contributed by atoms with Crippen molar-refractivity contribution in [2.24, 2.45) is 11.8 Å². The molecule has 1 aromatic carbocycles. The molecule has 1 aromatic rings. The Morgan fingerprint density at radius 1 is 1.00 bits per heavy atom. The first-order valence-corrected chi connectivity index (χ1v) is 20.5. The second-order valence-corrected chi connectivity index (χ2v) is 17.4. The standard InChI is InChI=1S/C38H49N5O9S/c1-24-10-7-8-11-25-12-9-13-26-20-42(22-30(25)26)37(48)52-28-18-32-33(44)40-38(35(46)41-53(49,50)29-16-17-29)19-27(38)14-5-3-2-4-6-15-31(34(45)43(32)21-28)39-36(47)51-23-24/h5,8-9,11-14,24,27-29,31-32H,2-4,6-7,10,15-23H2,1H3,(H,39,47)(H,40,44)(H,41,46)/b11-8+,14-5-/t24-,27-,28+,31-,32-,38+/m0/s1. The number of amides is 5. The van der Waals surface area contributed by atoms with Gasteiger partial charge in [0, 0.05) is 18.9 Å². The molecule has 15 heteroatoms. The third kappa shape index (κ3) is 8.24. The van der Waals surface area contributed by atoms with Crippen molar-refractivity contribution in [3.8, 4) is 0 Å². The van der Waals surface area contributed by atoms with Gasteiger partial charge in [0.1, 0.15) is 23.7 Å². The van der Waals surface area contributed by atoms with Crippen molar-refractivity contribution in [3.63, 3.8) is 0 Å². The molecule has 286 valence electrons. The van der Waals surface area contributed by atoms with Crippen LogP contribution >= 0.6 is 0 Å². The number of carbonyl (C=O) groups excluding carboxylic acids is 5. The maximum Gasteiger partial charge on any atom is 0.410 e. The lowest BCUT2D eigenvalue weighted by atomic mass is 10.0. The lowest BCUT2D eigenvalue weighted by Gasteiger charge is -2.29. The number of rotatable bonds is 3. The van der Waals surface area contributed by atoms with Gasteiger partial charge in [-0.3, -0.25) is 24.0 Å². The molecule has 2 saturated carbocycles. The fourth-order valence-electron chi connectivity index (χ4n) is 7.87. The molecule has 5 amide bonds. The molecule has 6 aliphatic rings. The van der Waals surface area contributed by atoms with Gasteiger partial charge in [-0.05, 0) is 74.0 Å². The van der Waals surface area contributed by atoms with E-state index in [4.69, 9.17) is 9.47 Å². The highest BCUT2D eigenvalue weighted by Gasteiger charge is 2.62. The first-order valence-electron chi connectivity index (χ1n) is 18.9. The number of ether oxygens (including phenoxy) is 2. The first-order chi connectivity index (χ1) is 25.4. The topological polar surface area (TPSA) is 181 Å². The maximum absolute atomic E-state index is 14.4. The number of cyclic esters (lactones) is 1. The van der Waals surface area contributed by atoms with Crippen LogP contribution in [0.5, 0.6) is 0 Å². The minimum absolute atomic E-state index is 0.0502. The fraction of sp³-hybridized carbons (Fsp3) is 0.605. The van der Waals surface area contributed by atoms with E-state index in [9.17, 15) is 32.4 Å². The summed E-state index contributed by atoms with van der Waals surface area (Å²) >= 11 is 0. The van der Waals surface area contributed by atoms with Gasteiger partial charge in [0.2, 0.25) is 21.8 Å². The zero-order valence-corrected chi connectivity index (χ0v) is 30.9. The molecular weight excluding hydrogens is 703 g/mol. The van der Waals surface area contributed by atoms with Gasteiger partial charge in [0.25, 0.3) is 5.91 Å². The highest BCUT2D eigenvalue weighted by Crippen LogP contribution is 2.46. The minimum Gasteiger partial charge on any atom is -0.449 e. The Morgan fingerprint density at radius 3 is 2.64 bits per heavy atom. The van der Waals surface area contributed by atoms with Gasteiger partial charge in [0.05, 0.1) is 24.9 Å². The predicted octanol–water partition coefficient (Wildman–Crippen LogP) is 3.65. The second kappa shape index (κ2) is 15.2. The van der Waals surface area contributed by atoms with E-state index >= 15 is 0 Å². The summed E-state index contributed by atoms with van der Waals surface area (Å²) in [6.45, 7) is 2.75. The lowest BCUT2D eigenvalue weighted by Crippen LogP contribution is -2.58. The van der Waals surface area contributed by atoms with E-state index in [0.29, 0.717) is 45.2 Å². The van der Waals surface area contributed by atoms with Gasteiger partial charge in [0.15, 0.2) is 0 Å². The average Bonchev–Trinajstić information content (AvgIpc) is 4.01. The molecule has 0 radical (unpaired) electrons. The molecule has 0 unspecified atom stereocenters. The summed E-state index contributed by atoms with van der Waals surface area (Å²) in [5, 5.41) is 4.95. The van der Waals surface area contributed by atoms with Gasteiger partial charge in [-0.25, -0.2) is 18.0 Å². The van der Waals surface area contributed by atoms with Gasteiger partial charge in [-0.2, -0.15) is 0 Å². The molecule has 4 heterocycles. The largest absolute Gasteiger partial charge is 0.449 e. The molecule has 5 bridgehead atoms. The van der Waals surface area contributed by atoms with E-state index in [1.54, 1.807) is 4.90 Å². The van der Waals surface area contributed by atoms with E-state index in [1.807, 2.05) is 43.4 Å². The predicted molar refractivity (Wildman–Crippen MR) is 193 cm³/mol. The number of benzene rings is 1. The average molecular weight is 752 g/mol. The van der Waals surface area contributed by atoms with E-state index < -0.39 is 74.8 Å².